The predicted molar refractivity (Wildman–Crippen MR) is 126 cm³/mol. The summed E-state index contributed by atoms with van der Waals surface area (Å²) in [6.07, 6.45) is 2.68. The van der Waals surface area contributed by atoms with E-state index in [0.717, 1.165) is 21.8 Å². The standard InChI is InChI=1S/C26H23N3O5/c30-13-15-9-14(31)10-22(34-15)29-12-19(17-6-2-4-8-21(17)29)24-23(25(32)28-26(24)33)18-11-27-20-7-3-1-5-16(18)20/h1-8,11-12,14-15,22,27,30-31H,9-10,13H2,(H,28,32,33)/t14-,15-,22+/m0/s1. The monoisotopic (exact) mass is 457 g/mol. The second-order valence-corrected chi connectivity index (χ2v) is 8.77. The fraction of sp³-hybridized carbons (Fsp3) is 0.231. The molecule has 2 aromatic heterocycles. The Morgan fingerprint density at radius 1 is 0.941 bits per heavy atom. The van der Waals surface area contributed by atoms with E-state index in [1.165, 1.54) is 0 Å². The average Bonchev–Trinajstić information content (AvgIpc) is 3.51. The van der Waals surface area contributed by atoms with Crippen molar-refractivity contribution in [1.29, 1.82) is 0 Å². The molecule has 2 amide bonds. The third-order valence-electron chi connectivity index (χ3n) is 6.67. The van der Waals surface area contributed by atoms with Crippen molar-refractivity contribution < 1.29 is 24.5 Å². The number of hydrogen-bond acceptors (Lipinski definition) is 5. The highest BCUT2D eigenvalue weighted by atomic mass is 16.5. The Morgan fingerprint density at radius 3 is 2.44 bits per heavy atom. The zero-order valence-corrected chi connectivity index (χ0v) is 18.2. The van der Waals surface area contributed by atoms with Gasteiger partial charge in [0.2, 0.25) is 0 Å². The molecule has 4 N–H and O–H groups in total. The molecule has 0 spiro atoms. The zero-order chi connectivity index (χ0) is 23.4. The number of hydrogen-bond donors (Lipinski definition) is 4. The average molecular weight is 457 g/mol. The number of fused-ring (bicyclic) bond motifs is 2. The van der Waals surface area contributed by atoms with Crippen LogP contribution in [-0.2, 0) is 14.3 Å². The van der Waals surface area contributed by atoms with Gasteiger partial charge in [-0.1, -0.05) is 36.4 Å². The number of carbonyl (C=O) groups is 2. The van der Waals surface area contributed by atoms with E-state index in [1.807, 2.05) is 59.3 Å². The quantitative estimate of drug-likeness (QED) is 0.352. The topological polar surface area (TPSA) is 117 Å². The van der Waals surface area contributed by atoms with Gasteiger partial charge in [0.05, 0.1) is 35.5 Å². The molecule has 1 saturated heterocycles. The number of nitrogens with zero attached hydrogens (tertiary/aromatic N) is 1. The predicted octanol–water partition coefficient (Wildman–Crippen LogP) is 2.72. The lowest BCUT2D eigenvalue weighted by Crippen LogP contribution is -2.35. The number of carbonyl (C=O) groups excluding carboxylic acids is 2. The van der Waals surface area contributed by atoms with Gasteiger partial charge in [0.25, 0.3) is 11.8 Å². The van der Waals surface area contributed by atoms with Crippen LogP contribution in [0.15, 0.2) is 60.9 Å². The molecule has 0 saturated carbocycles. The van der Waals surface area contributed by atoms with Gasteiger partial charge in [-0.25, -0.2) is 0 Å². The molecule has 6 rings (SSSR count). The van der Waals surface area contributed by atoms with Crippen molar-refractivity contribution in [3.8, 4) is 0 Å². The molecule has 0 bridgehead atoms. The fourth-order valence-corrected chi connectivity index (χ4v) is 5.15. The number of rotatable bonds is 4. The fourth-order valence-electron chi connectivity index (χ4n) is 5.15. The molecule has 0 radical (unpaired) electrons. The number of amides is 2. The van der Waals surface area contributed by atoms with Crippen LogP contribution in [0, 0.1) is 0 Å². The van der Waals surface area contributed by atoms with E-state index >= 15 is 0 Å². The van der Waals surface area contributed by atoms with Crippen LogP contribution >= 0.6 is 0 Å². The van der Waals surface area contributed by atoms with Gasteiger partial charge in [0.1, 0.15) is 6.23 Å². The molecule has 3 atom stereocenters. The van der Waals surface area contributed by atoms with Crippen LogP contribution in [0.1, 0.15) is 30.2 Å². The summed E-state index contributed by atoms with van der Waals surface area (Å²) in [7, 11) is 0. The number of ether oxygens (including phenoxy) is 1. The van der Waals surface area contributed by atoms with Crippen molar-refractivity contribution in [3.63, 3.8) is 0 Å². The Morgan fingerprint density at radius 2 is 1.65 bits per heavy atom. The lowest BCUT2D eigenvalue weighted by atomic mass is 9.95. The first-order chi connectivity index (χ1) is 16.5. The van der Waals surface area contributed by atoms with Gasteiger partial charge in [-0.3, -0.25) is 14.9 Å². The summed E-state index contributed by atoms with van der Waals surface area (Å²) < 4.78 is 7.93. The lowest BCUT2D eigenvalue weighted by Gasteiger charge is -2.33. The highest BCUT2D eigenvalue weighted by molar-refractivity contribution is 6.50. The van der Waals surface area contributed by atoms with Crippen molar-refractivity contribution in [1.82, 2.24) is 14.9 Å². The SMILES string of the molecule is O=C1NC(=O)C(c2cn([C@H]3C[C@@H](O)C[C@@H](CO)O3)c3ccccc23)=C1c1c[nH]c2ccccc12. The first kappa shape index (κ1) is 20.9. The Kier molecular flexibility index (Phi) is 4.88. The van der Waals surface area contributed by atoms with E-state index in [2.05, 4.69) is 10.3 Å². The van der Waals surface area contributed by atoms with Gasteiger partial charge < -0.3 is 24.5 Å². The van der Waals surface area contributed by atoms with Crippen LogP contribution in [0.25, 0.3) is 33.0 Å². The van der Waals surface area contributed by atoms with Gasteiger partial charge in [0, 0.05) is 52.7 Å². The second-order valence-electron chi connectivity index (χ2n) is 8.77. The van der Waals surface area contributed by atoms with Gasteiger partial charge in [-0.15, -0.1) is 0 Å². The third kappa shape index (κ3) is 3.19. The van der Waals surface area contributed by atoms with Crippen LogP contribution in [0.5, 0.6) is 0 Å². The summed E-state index contributed by atoms with van der Waals surface area (Å²) in [5.74, 6) is -0.891. The Labute approximate surface area is 194 Å². The molecule has 34 heavy (non-hydrogen) atoms. The minimum absolute atomic E-state index is 0.188. The molecule has 172 valence electrons. The Hall–Kier alpha value is -3.72. The van der Waals surface area contributed by atoms with Crippen molar-refractivity contribution in [2.75, 3.05) is 6.61 Å². The molecule has 8 nitrogen and oxygen atoms in total. The van der Waals surface area contributed by atoms with Crippen molar-refractivity contribution >= 4 is 44.8 Å². The van der Waals surface area contributed by atoms with Gasteiger partial charge in [0.15, 0.2) is 0 Å². The maximum Gasteiger partial charge on any atom is 0.259 e. The highest BCUT2D eigenvalue weighted by Crippen LogP contribution is 2.40. The van der Waals surface area contributed by atoms with E-state index in [9.17, 15) is 19.8 Å². The van der Waals surface area contributed by atoms with Crippen molar-refractivity contribution in [3.05, 3.63) is 72.1 Å². The first-order valence-corrected chi connectivity index (χ1v) is 11.3. The number of aliphatic hydroxyl groups is 2. The summed E-state index contributed by atoms with van der Waals surface area (Å²) in [5.41, 5.74) is 3.59. The molecule has 2 aliphatic heterocycles. The molecule has 2 aliphatic rings. The van der Waals surface area contributed by atoms with Crippen molar-refractivity contribution in [2.45, 2.75) is 31.3 Å². The number of aliphatic hydroxyl groups excluding tert-OH is 2. The normalized spacial score (nSPS) is 23.3. The Balaban J connectivity index is 1.57. The molecule has 8 heteroatoms. The van der Waals surface area contributed by atoms with Gasteiger partial charge >= 0.3 is 0 Å². The second kappa shape index (κ2) is 7.95. The maximum absolute atomic E-state index is 13.1. The number of H-pyrrole nitrogens is 1. The van der Waals surface area contributed by atoms with E-state index in [-0.39, 0.29) is 6.61 Å². The number of imide groups is 1. The van der Waals surface area contributed by atoms with Crippen LogP contribution < -0.4 is 5.32 Å². The third-order valence-corrected chi connectivity index (χ3v) is 6.67. The number of nitrogens with one attached hydrogen (secondary N) is 2. The largest absolute Gasteiger partial charge is 0.394 e. The minimum Gasteiger partial charge on any atom is -0.394 e. The van der Waals surface area contributed by atoms with Gasteiger partial charge in [-0.05, 0) is 12.1 Å². The van der Waals surface area contributed by atoms with Crippen LogP contribution in [-0.4, -0.2) is 50.4 Å². The van der Waals surface area contributed by atoms with Crippen LogP contribution in [0.3, 0.4) is 0 Å². The zero-order valence-electron chi connectivity index (χ0n) is 18.2. The van der Waals surface area contributed by atoms with E-state index in [0.29, 0.717) is 35.1 Å². The van der Waals surface area contributed by atoms with Gasteiger partial charge in [-0.2, -0.15) is 0 Å². The van der Waals surface area contributed by atoms with Crippen LogP contribution in [0.4, 0.5) is 0 Å². The minimum atomic E-state index is -0.613. The summed E-state index contributed by atoms with van der Waals surface area (Å²) in [5, 5.41) is 24.1. The summed E-state index contributed by atoms with van der Waals surface area (Å²) in [6, 6.07) is 15.2. The molecule has 2 aromatic carbocycles. The number of aromatic nitrogens is 2. The van der Waals surface area contributed by atoms with E-state index in [4.69, 9.17) is 4.74 Å². The first-order valence-electron chi connectivity index (χ1n) is 11.3. The molecule has 4 aromatic rings. The maximum atomic E-state index is 13.1. The molecule has 4 heterocycles. The summed E-state index contributed by atoms with van der Waals surface area (Å²) >= 11 is 0. The van der Waals surface area contributed by atoms with Crippen molar-refractivity contribution in [2.24, 2.45) is 0 Å². The van der Waals surface area contributed by atoms with E-state index in [1.54, 1.807) is 6.20 Å². The number of benzene rings is 2. The lowest BCUT2D eigenvalue weighted by molar-refractivity contribution is -0.140. The number of aromatic amines is 1. The Bertz CT molecular complexity index is 1480. The number of para-hydroxylation sites is 2. The van der Waals surface area contributed by atoms with Crippen LogP contribution in [0.2, 0.25) is 0 Å². The summed E-state index contributed by atoms with van der Waals surface area (Å²) in [6.45, 7) is -0.188. The molecule has 1 fully saturated rings. The molecule has 0 aliphatic carbocycles. The smallest absolute Gasteiger partial charge is 0.259 e. The van der Waals surface area contributed by atoms with E-state index < -0.39 is 30.3 Å². The highest BCUT2D eigenvalue weighted by Gasteiger charge is 2.36. The molecular weight excluding hydrogens is 434 g/mol. The summed E-state index contributed by atoms with van der Waals surface area (Å²) in [4.78, 5) is 29.3. The molecular formula is C26H23N3O5. The molecule has 0 unspecified atom stereocenters.